The molecule has 21 heavy (non-hydrogen) atoms. The van der Waals surface area contributed by atoms with E-state index in [4.69, 9.17) is 10.0 Å². The Morgan fingerprint density at radius 2 is 1.71 bits per heavy atom. The number of amides is 1. The summed E-state index contributed by atoms with van der Waals surface area (Å²) in [5.41, 5.74) is 2.89. The van der Waals surface area contributed by atoms with Crippen LogP contribution in [-0.4, -0.2) is 23.1 Å². The van der Waals surface area contributed by atoms with Crippen molar-refractivity contribution in [3.63, 3.8) is 0 Å². The molecule has 3 rings (SSSR count). The standard InChI is InChI=1S/C15H11BFNO3/c1-8-12-6-9(2-4-11(12)15(19)18-8)10-3-5-14(17)13(7-10)16(20)21/h2-7,20-21H,1H2,(H,18,19). The van der Waals surface area contributed by atoms with Gasteiger partial charge in [-0.15, -0.1) is 0 Å². The minimum absolute atomic E-state index is 0.193. The number of fused-ring (bicyclic) bond motifs is 1. The molecule has 0 atom stereocenters. The Kier molecular flexibility index (Phi) is 3.12. The van der Waals surface area contributed by atoms with E-state index < -0.39 is 12.9 Å². The monoisotopic (exact) mass is 283 g/mol. The summed E-state index contributed by atoms with van der Waals surface area (Å²) in [6.45, 7) is 3.77. The summed E-state index contributed by atoms with van der Waals surface area (Å²) in [4.78, 5) is 11.6. The van der Waals surface area contributed by atoms with Crippen LogP contribution in [0.25, 0.3) is 16.8 Å². The zero-order valence-corrected chi connectivity index (χ0v) is 10.9. The van der Waals surface area contributed by atoms with Gasteiger partial charge in [0.1, 0.15) is 5.82 Å². The highest BCUT2D eigenvalue weighted by atomic mass is 19.1. The van der Waals surface area contributed by atoms with Gasteiger partial charge < -0.3 is 15.4 Å². The van der Waals surface area contributed by atoms with Gasteiger partial charge in [0.05, 0.1) is 0 Å². The Morgan fingerprint density at radius 3 is 2.43 bits per heavy atom. The Hall–Kier alpha value is -2.44. The van der Waals surface area contributed by atoms with Gasteiger partial charge >= 0.3 is 7.12 Å². The third kappa shape index (κ3) is 2.24. The topological polar surface area (TPSA) is 69.6 Å². The second kappa shape index (κ2) is 4.84. The molecule has 6 heteroatoms. The largest absolute Gasteiger partial charge is 0.491 e. The molecule has 0 bridgehead atoms. The maximum atomic E-state index is 13.5. The van der Waals surface area contributed by atoms with Gasteiger partial charge in [0, 0.05) is 22.3 Å². The van der Waals surface area contributed by atoms with E-state index in [1.807, 2.05) is 0 Å². The fourth-order valence-corrected chi connectivity index (χ4v) is 2.36. The first-order valence-electron chi connectivity index (χ1n) is 6.28. The van der Waals surface area contributed by atoms with Gasteiger partial charge in [0.25, 0.3) is 5.91 Å². The third-order valence-corrected chi connectivity index (χ3v) is 3.46. The normalized spacial score (nSPS) is 13.1. The van der Waals surface area contributed by atoms with Gasteiger partial charge in [0.2, 0.25) is 0 Å². The van der Waals surface area contributed by atoms with Crippen LogP contribution in [0.4, 0.5) is 4.39 Å². The SMILES string of the molecule is C=C1NC(=O)c2ccc(-c3ccc(F)c(B(O)O)c3)cc21. The van der Waals surface area contributed by atoms with Crippen LogP contribution in [0.5, 0.6) is 0 Å². The Bertz CT molecular complexity index is 774. The molecule has 0 unspecified atom stereocenters. The molecule has 1 aliphatic rings. The van der Waals surface area contributed by atoms with Gasteiger partial charge in [-0.05, 0) is 29.3 Å². The lowest BCUT2D eigenvalue weighted by molar-refractivity contribution is 0.0981. The molecular formula is C15H11BFNO3. The number of rotatable bonds is 2. The van der Waals surface area contributed by atoms with E-state index in [9.17, 15) is 9.18 Å². The summed E-state index contributed by atoms with van der Waals surface area (Å²) in [6, 6.07) is 9.23. The van der Waals surface area contributed by atoms with Crippen molar-refractivity contribution in [3.8, 4) is 11.1 Å². The molecule has 0 saturated heterocycles. The van der Waals surface area contributed by atoms with E-state index in [-0.39, 0.29) is 11.4 Å². The quantitative estimate of drug-likeness (QED) is 0.717. The van der Waals surface area contributed by atoms with Crippen LogP contribution >= 0.6 is 0 Å². The van der Waals surface area contributed by atoms with Crippen molar-refractivity contribution in [2.75, 3.05) is 0 Å². The average Bonchev–Trinajstić information content (AvgIpc) is 2.74. The zero-order valence-electron chi connectivity index (χ0n) is 10.9. The van der Waals surface area contributed by atoms with Gasteiger partial charge in [-0.3, -0.25) is 4.79 Å². The molecule has 104 valence electrons. The van der Waals surface area contributed by atoms with E-state index in [1.165, 1.54) is 18.2 Å². The van der Waals surface area contributed by atoms with E-state index in [0.717, 1.165) is 5.56 Å². The van der Waals surface area contributed by atoms with Crippen LogP contribution in [0.15, 0.2) is 43.0 Å². The number of hydrogen-bond acceptors (Lipinski definition) is 3. The van der Waals surface area contributed by atoms with Crippen molar-refractivity contribution >= 4 is 24.2 Å². The molecule has 4 nitrogen and oxygen atoms in total. The first kappa shape index (κ1) is 13.5. The van der Waals surface area contributed by atoms with E-state index >= 15 is 0 Å². The summed E-state index contributed by atoms with van der Waals surface area (Å²) in [5.74, 6) is -0.886. The van der Waals surface area contributed by atoms with Crippen LogP contribution in [-0.2, 0) is 0 Å². The number of hydrogen-bond donors (Lipinski definition) is 3. The smallest absolute Gasteiger partial charge is 0.423 e. The average molecular weight is 283 g/mol. The molecule has 1 amide bonds. The predicted octanol–water partition coefficient (Wildman–Crippen LogP) is 0.887. The minimum atomic E-state index is -1.88. The minimum Gasteiger partial charge on any atom is -0.423 e. The van der Waals surface area contributed by atoms with E-state index in [1.54, 1.807) is 18.2 Å². The highest BCUT2D eigenvalue weighted by molar-refractivity contribution is 6.58. The lowest BCUT2D eigenvalue weighted by atomic mass is 9.78. The second-order valence-corrected chi connectivity index (χ2v) is 4.80. The molecule has 1 heterocycles. The number of halogens is 1. The first-order chi connectivity index (χ1) is 9.97. The van der Waals surface area contributed by atoms with Crippen LogP contribution in [0.3, 0.4) is 0 Å². The lowest BCUT2D eigenvalue weighted by Gasteiger charge is -2.08. The summed E-state index contributed by atoms with van der Waals surface area (Å²) in [7, 11) is -1.88. The number of benzene rings is 2. The molecular weight excluding hydrogens is 272 g/mol. The maximum absolute atomic E-state index is 13.5. The van der Waals surface area contributed by atoms with Crippen LogP contribution in [0.1, 0.15) is 15.9 Å². The third-order valence-electron chi connectivity index (χ3n) is 3.46. The highest BCUT2D eigenvalue weighted by Crippen LogP contribution is 2.28. The van der Waals surface area contributed by atoms with Gasteiger partial charge in [0.15, 0.2) is 0 Å². The molecule has 0 fully saturated rings. The highest BCUT2D eigenvalue weighted by Gasteiger charge is 2.23. The van der Waals surface area contributed by atoms with Crippen molar-refractivity contribution in [2.45, 2.75) is 0 Å². The van der Waals surface area contributed by atoms with Crippen molar-refractivity contribution < 1.29 is 19.2 Å². The molecule has 0 aromatic heterocycles. The molecule has 0 aliphatic carbocycles. The van der Waals surface area contributed by atoms with Crippen LogP contribution < -0.4 is 10.8 Å². The van der Waals surface area contributed by atoms with Gasteiger partial charge in [-0.1, -0.05) is 24.8 Å². The fraction of sp³-hybridized carbons (Fsp3) is 0. The second-order valence-electron chi connectivity index (χ2n) is 4.80. The fourth-order valence-electron chi connectivity index (χ4n) is 2.36. The van der Waals surface area contributed by atoms with Crippen LogP contribution in [0.2, 0.25) is 0 Å². The molecule has 0 spiro atoms. The van der Waals surface area contributed by atoms with Crippen molar-refractivity contribution in [2.24, 2.45) is 0 Å². The Balaban J connectivity index is 2.10. The number of carbonyl (C=O) groups is 1. The molecule has 2 aromatic rings. The number of nitrogens with one attached hydrogen (secondary N) is 1. The Labute approximate surface area is 120 Å². The van der Waals surface area contributed by atoms with E-state index in [2.05, 4.69) is 11.9 Å². The summed E-state index contributed by atoms with van der Waals surface area (Å²) >= 11 is 0. The van der Waals surface area contributed by atoms with Crippen molar-refractivity contribution in [3.05, 3.63) is 59.9 Å². The Morgan fingerprint density at radius 1 is 1.05 bits per heavy atom. The molecule has 0 radical (unpaired) electrons. The summed E-state index contributed by atoms with van der Waals surface area (Å²) < 4.78 is 13.5. The van der Waals surface area contributed by atoms with Crippen LogP contribution in [0, 0.1) is 5.82 Å². The zero-order chi connectivity index (χ0) is 15.1. The lowest BCUT2D eigenvalue weighted by Crippen LogP contribution is -2.32. The van der Waals surface area contributed by atoms with Crippen molar-refractivity contribution in [1.29, 1.82) is 0 Å². The van der Waals surface area contributed by atoms with E-state index in [0.29, 0.717) is 22.4 Å². The number of carbonyl (C=O) groups excluding carboxylic acids is 1. The van der Waals surface area contributed by atoms with Gasteiger partial charge in [-0.25, -0.2) is 4.39 Å². The predicted molar refractivity (Wildman–Crippen MR) is 78.2 cm³/mol. The van der Waals surface area contributed by atoms with Crippen molar-refractivity contribution in [1.82, 2.24) is 5.32 Å². The first-order valence-corrected chi connectivity index (χ1v) is 6.28. The molecule has 2 aromatic carbocycles. The summed E-state index contributed by atoms with van der Waals surface area (Å²) in [6.07, 6.45) is 0. The molecule has 3 N–H and O–H groups in total. The maximum Gasteiger partial charge on any atom is 0.491 e. The molecule has 1 aliphatic heterocycles. The van der Waals surface area contributed by atoms with Gasteiger partial charge in [-0.2, -0.15) is 0 Å². The molecule has 0 saturated carbocycles. The summed E-state index contributed by atoms with van der Waals surface area (Å²) in [5, 5.41) is 20.9.